The number of nitrogens with zero attached hydrogens (tertiary/aromatic N) is 3. The van der Waals surface area contributed by atoms with Crippen molar-refractivity contribution in [2.75, 3.05) is 18.0 Å². The van der Waals surface area contributed by atoms with Crippen molar-refractivity contribution in [1.29, 1.82) is 0 Å². The van der Waals surface area contributed by atoms with Gasteiger partial charge in [-0.15, -0.1) is 0 Å². The molecule has 0 unspecified atom stereocenters. The number of amides is 3. The standard InChI is InChI=1S/C23H18F5N5O3/c24-14-2-1-3-15(25)17(14)33-10-13(21(35)31-19(11-4-5-11)23(26,27)28)18(34)12-6-7-16(30-20(12)33)32-9-8-29-22(32)36/h1-3,6-7,10-11,19H,4-5,8-9H2,(H,29,36)(H,31,35)/t19-/m1/s1. The first-order valence-corrected chi connectivity index (χ1v) is 11.0. The number of pyridine rings is 2. The van der Waals surface area contributed by atoms with E-state index in [0.717, 1.165) is 29.0 Å². The number of rotatable bonds is 5. The second-order valence-electron chi connectivity index (χ2n) is 8.57. The number of anilines is 1. The summed E-state index contributed by atoms with van der Waals surface area (Å²) in [6.07, 6.45) is -3.44. The van der Waals surface area contributed by atoms with Crippen molar-refractivity contribution in [3.05, 3.63) is 63.9 Å². The van der Waals surface area contributed by atoms with Crippen LogP contribution in [0.3, 0.4) is 0 Å². The van der Waals surface area contributed by atoms with E-state index in [1.54, 1.807) is 0 Å². The van der Waals surface area contributed by atoms with Gasteiger partial charge in [0.1, 0.15) is 34.7 Å². The molecule has 1 aromatic carbocycles. The normalized spacial score (nSPS) is 16.8. The van der Waals surface area contributed by atoms with Gasteiger partial charge in [0.15, 0.2) is 5.65 Å². The molecule has 0 radical (unpaired) electrons. The first-order chi connectivity index (χ1) is 17.1. The van der Waals surface area contributed by atoms with Gasteiger partial charge in [-0.25, -0.2) is 18.6 Å². The van der Waals surface area contributed by atoms with Crippen molar-refractivity contribution < 1.29 is 31.5 Å². The fourth-order valence-corrected chi connectivity index (χ4v) is 4.20. The zero-order chi connectivity index (χ0) is 25.8. The Kier molecular flexibility index (Phi) is 5.64. The second kappa shape index (κ2) is 8.57. The fraction of sp³-hybridized carbons (Fsp3) is 0.304. The van der Waals surface area contributed by atoms with Gasteiger partial charge in [0.25, 0.3) is 5.91 Å². The van der Waals surface area contributed by atoms with Crippen LogP contribution in [0.25, 0.3) is 16.7 Å². The Bertz CT molecular complexity index is 1430. The molecule has 13 heteroatoms. The van der Waals surface area contributed by atoms with E-state index in [0.29, 0.717) is 6.54 Å². The Balaban J connectivity index is 1.69. The molecule has 0 spiro atoms. The number of nitrogens with one attached hydrogen (secondary N) is 2. The third-order valence-corrected chi connectivity index (χ3v) is 6.13. The van der Waals surface area contributed by atoms with Crippen LogP contribution in [-0.2, 0) is 0 Å². The summed E-state index contributed by atoms with van der Waals surface area (Å²) in [7, 11) is 0. The zero-order valence-electron chi connectivity index (χ0n) is 18.4. The van der Waals surface area contributed by atoms with Crippen LogP contribution < -0.4 is 21.0 Å². The molecule has 1 saturated heterocycles. The summed E-state index contributed by atoms with van der Waals surface area (Å²) in [4.78, 5) is 43.6. The van der Waals surface area contributed by atoms with Crippen LogP contribution in [0.2, 0.25) is 0 Å². The first-order valence-electron chi connectivity index (χ1n) is 11.0. The largest absolute Gasteiger partial charge is 0.408 e. The van der Waals surface area contributed by atoms with Gasteiger partial charge in [-0.2, -0.15) is 13.2 Å². The molecule has 1 atom stereocenters. The molecule has 1 aliphatic heterocycles. The number of halogens is 5. The highest BCUT2D eigenvalue weighted by molar-refractivity contribution is 5.98. The number of hydrogen-bond donors (Lipinski definition) is 2. The molecule has 2 aliphatic rings. The maximum absolute atomic E-state index is 14.8. The molecule has 2 N–H and O–H groups in total. The van der Waals surface area contributed by atoms with Gasteiger partial charge in [-0.3, -0.25) is 19.1 Å². The highest BCUT2D eigenvalue weighted by Gasteiger charge is 2.50. The number of urea groups is 1. The quantitative estimate of drug-likeness (QED) is 0.519. The van der Waals surface area contributed by atoms with Crippen LogP contribution in [0.1, 0.15) is 23.2 Å². The molecular weight excluding hydrogens is 489 g/mol. The minimum atomic E-state index is -4.74. The second-order valence-corrected chi connectivity index (χ2v) is 8.57. The predicted molar refractivity (Wildman–Crippen MR) is 118 cm³/mol. The highest BCUT2D eigenvalue weighted by Crippen LogP contribution is 2.40. The predicted octanol–water partition coefficient (Wildman–Crippen LogP) is 3.26. The molecule has 1 saturated carbocycles. The first kappa shape index (κ1) is 23.7. The number of carbonyl (C=O) groups excluding carboxylic acids is 2. The topological polar surface area (TPSA) is 96.3 Å². The van der Waals surface area contributed by atoms with Crippen molar-refractivity contribution in [3.8, 4) is 5.69 Å². The van der Waals surface area contributed by atoms with E-state index in [9.17, 15) is 36.3 Å². The van der Waals surface area contributed by atoms with Crippen LogP contribution in [0.4, 0.5) is 32.6 Å². The van der Waals surface area contributed by atoms with Crippen LogP contribution in [-0.4, -0.2) is 46.8 Å². The number of benzene rings is 1. The summed E-state index contributed by atoms with van der Waals surface area (Å²) in [6.45, 7) is 0.573. The SMILES string of the molecule is O=C(N[C@H](C1CC1)C(F)(F)F)c1cn(-c2c(F)cccc2F)c2nc(N3CCNC3=O)ccc2c1=O. The van der Waals surface area contributed by atoms with Gasteiger partial charge in [0.2, 0.25) is 5.43 Å². The van der Waals surface area contributed by atoms with Crippen LogP contribution in [0.5, 0.6) is 0 Å². The van der Waals surface area contributed by atoms with E-state index in [4.69, 9.17) is 0 Å². The minimum absolute atomic E-state index is 0.0745. The average Bonchev–Trinajstić information content (AvgIpc) is 3.56. The van der Waals surface area contributed by atoms with E-state index in [-0.39, 0.29) is 36.2 Å². The van der Waals surface area contributed by atoms with E-state index < -0.39 is 58.4 Å². The number of hydrogen-bond acceptors (Lipinski definition) is 4. The van der Waals surface area contributed by atoms with Gasteiger partial charge < -0.3 is 10.6 Å². The summed E-state index contributed by atoms with van der Waals surface area (Å²) in [5.41, 5.74) is -2.69. The lowest BCUT2D eigenvalue weighted by Crippen LogP contribution is -2.48. The Labute approximate surface area is 199 Å². The molecular formula is C23H18F5N5O3. The number of alkyl halides is 3. The molecule has 1 aliphatic carbocycles. The maximum atomic E-state index is 14.8. The zero-order valence-corrected chi connectivity index (χ0v) is 18.4. The van der Waals surface area contributed by atoms with Crippen molar-refractivity contribution in [2.24, 2.45) is 5.92 Å². The average molecular weight is 507 g/mol. The maximum Gasteiger partial charge on any atom is 0.408 e. The van der Waals surface area contributed by atoms with Gasteiger partial charge in [0.05, 0.1) is 5.39 Å². The molecule has 3 amide bonds. The molecule has 188 valence electrons. The van der Waals surface area contributed by atoms with Crippen molar-refractivity contribution >= 4 is 28.8 Å². The monoisotopic (exact) mass is 507 g/mol. The summed E-state index contributed by atoms with van der Waals surface area (Å²) in [5, 5.41) is 4.16. The molecule has 0 bridgehead atoms. The molecule has 8 nitrogen and oxygen atoms in total. The van der Waals surface area contributed by atoms with Crippen molar-refractivity contribution in [3.63, 3.8) is 0 Å². The number of fused-ring (bicyclic) bond motifs is 1. The third-order valence-electron chi connectivity index (χ3n) is 6.13. The van der Waals surface area contributed by atoms with Crippen LogP contribution in [0.15, 0.2) is 41.3 Å². The third kappa shape index (κ3) is 4.14. The Morgan fingerprint density at radius 1 is 1.11 bits per heavy atom. The van der Waals surface area contributed by atoms with Gasteiger partial charge >= 0.3 is 12.2 Å². The van der Waals surface area contributed by atoms with Crippen LogP contribution >= 0.6 is 0 Å². The van der Waals surface area contributed by atoms with E-state index in [2.05, 4.69) is 10.3 Å². The number of carbonyl (C=O) groups is 2. The molecule has 5 rings (SSSR count). The van der Waals surface area contributed by atoms with E-state index in [1.165, 1.54) is 17.0 Å². The summed E-state index contributed by atoms with van der Waals surface area (Å²) in [5.74, 6) is -4.20. The molecule has 2 aromatic heterocycles. The Hall–Kier alpha value is -4.03. The smallest absolute Gasteiger partial charge is 0.340 e. The molecule has 3 aromatic rings. The van der Waals surface area contributed by atoms with Gasteiger partial charge in [-0.05, 0) is 43.0 Å². The Morgan fingerprint density at radius 3 is 2.39 bits per heavy atom. The summed E-state index contributed by atoms with van der Waals surface area (Å²) >= 11 is 0. The van der Waals surface area contributed by atoms with E-state index in [1.807, 2.05) is 5.32 Å². The molecule has 3 heterocycles. The van der Waals surface area contributed by atoms with Crippen molar-refractivity contribution in [1.82, 2.24) is 20.2 Å². The van der Waals surface area contributed by atoms with Crippen molar-refractivity contribution in [2.45, 2.75) is 25.1 Å². The number of aromatic nitrogens is 2. The Morgan fingerprint density at radius 2 is 1.81 bits per heavy atom. The van der Waals surface area contributed by atoms with Crippen LogP contribution in [0, 0.1) is 17.6 Å². The highest BCUT2D eigenvalue weighted by atomic mass is 19.4. The number of para-hydroxylation sites is 1. The summed E-state index contributed by atoms with van der Waals surface area (Å²) in [6, 6.07) is 2.86. The lowest BCUT2D eigenvalue weighted by atomic mass is 10.1. The minimum Gasteiger partial charge on any atom is -0.340 e. The summed E-state index contributed by atoms with van der Waals surface area (Å²) < 4.78 is 70.7. The lowest BCUT2D eigenvalue weighted by molar-refractivity contribution is -0.158. The molecule has 36 heavy (non-hydrogen) atoms. The fourth-order valence-electron chi connectivity index (χ4n) is 4.20. The molecule has 2 fully saturated rings. The van der Waals surface area contributed by atoms with Gasteiger partial charge in [0, 0.05) is 19.3 Å². The van der Waals surface area contributed by atoms with Gasteiger partial charge in [-0.1, -0.05) is 6.07 Å². The van der Waals surface area contributed by atoms with E-state index >= 15 is 0 Å². The lowest BCUT2D eigenvalue weighted by Gasteiger charge is -2.22.